The molecule has 1 atom stereocenters. The summed E-state index contributed by atoms with van der Waals surface area (Å²) in [5.74, 6) is -0.561. The molecule has 0 spiro atoms. The van der Waals surface area contributed by atoms with Crippen LogP contribution < -0.4 is 16.1 Å². The maximum absolute atomic E-state index is 11.8. The van der Waals surface area contributed by atoms with Gasteiger partial charge in [-0.2, -0.15) is 10.4 Å². The van der Waals surface area contributed by atoms with E-state index in [1.165, 1.54) is 0 Å². The van der Waals surface area contributed by atoms with E-state index in [0.29, 0.717) is 5.69 Å². The first kappa shape index (κ1) is 18.1. The highest BCUT2D eigenvalue weighted by atomic mass is 16.5. The molecule has 23 heavy (non-hydrogen) atoms. The van der Waals surface area contributed by atoms with Gasteiger partial charge in [-0.15, -0.1) is 0 Å². The van der Waals surface area contributed by atoms with Crippen LogP contribution in [0.15, 0.2) is 35.4 Å². The molecule has 8 heteroatoms. The van der Waals surface area contributed by atoms with Crippen molar-refractivity contribution >= 4 is 23.4 Å². The van der Waals surface area contributed by atoms with Crippen LogP contribution in [0.5, 0.6) is 0 Å². The Bertz CT molecular complexity index is 595. The Morgan fingerprint density at radius 1 is 1.35 bits per heavy atom. The Hall–Kier alpha value is -2.92. The van der Waals surface area contributed by atoms with E-state index < -0.39 is 18.0 Å². The second-order valence-corrected chi connectivity index (χ2v) is 4.41. The van der Waals surface area contributed by atoms with Gasteiger partial charge in [0.2, 0.25) is 0 Å². The van der Waals surface area contributed by atoms with Crippen molar-refractivity contribution in [2.45, 2.75) is 19.9 Å². The topological polar surface area (TPSA) is 116 Å². The number of ether oxygens (including phenoxy) is 1. The Morgan fingerprint density at radius 2 is 2.04 bits per heavy atom. The summed E-state index contributed by atoms with van der Waals surface area (Å²) >= 11 is 0. The predicted octanol–water partition coefficient (Wildman–Crippen LogP) is 1.23. The average molecular weight is 317 g/mol. The van der Waals surface area contributed by atoms with E-state index in [4.69, 9.17) is 10.00 Å². The van der Waals surface area contributed by atoms with E-state index in [0.717, 1.165) is 0 Å². The van der Waals surface area contributed by atoms with E-state index in [1.807, 2.05) is 12.1 Å². The summed E-state index contributed by atoms with van der Waals surface area (Å²) in [7, 11) is 0. The molecule has 0 aliphatic carbocycles. The van der Waals surface area contributed by atoms with Crippen molar-refractivity contribution < 1.29 is 14.3 Å². The monoisotopic (exact) mass is 317 g/mol. The third-order valence-corrected chi connectivity index (χ3v) is 2.69. The smallest absolute Gasteiger partial charge is 0.339 e. The lowest BCUT2D eigenvalue weighted by Crippen LogP contribution is -2.44. The van der Waals surface area contributed by atoms with Gasteiger partial charge in [0.05, 0.1) is 24.9 Å². The molecule has 0 saturated carbocycles. The quantitative estimate of drug-likeness (QED) is 0.303. The fourth-order valence-corrected chi connectivity index (χ4v) is 1.66. The lowest BCUT2D eigenvalue weighted by Gasteiger charge is -2.15. The molecule has 1 unspecified atom stereocenters. The van der Waals surface area contributed by atoms with Crippen LogP contribution >= 0.6 is 0 Å². The fraction of sp³-hybridized carbons (Fsp3) is 0.333. The summed E-state index contributed by atoms with van der Waals surface area (Å²) in [6.45, 7) is 3.39. The number of para-hydroxylation sites is 1. The van der Waals surface area contributed by atoms with Crippen LogP contribution in [0.4, 0.5) is 10.5 Å². The van der Waals surface area contributed by atoms with Crippen LogP contribution in [0, 0.1) is 11.3 Å². The summed E-state index contributed by atoms with van der Waals surface area (Å²) in [4.78, 5) is 23.6. The highest BCUT2D eigenvalue weighted by Crippen LogP contribution is 2.04. The maximum atomic E-state index is 11.8. The van der Waals surface area contributed by atoms with Gasteiger partial charge in [0.25, 0.3) is 0 Å². The number of urea groups is 1. The van der Waals surface area contributed by atoms with Crippen molar-refractivity contribution in [1.29, 1.82) is 5.26 Å². The second kappa shape index (κ2) is 9.92. The first-order valence-corrected chi connectivity index (χ1v) is 7.01. The number of anilines is 1. The number of benzene rings is 1. The van der Waals surface area contributed by atoms with Crippen LogP contribution in [0.3, 0.4) is 0 Å². The molecule has 122 valence electrons. The molecular formula is C15H19N5O3. The van der Waals surface area contributed by atoms with E-state index in [-0.39, 0.29) is 18.9 Å². The minimum Gasteiger partial charge on any atom is -0.465 e. The number of rotatable bonds is 7. The van der Waals surface area contributed by atoms with Gasteiger partial charge in [0, 0.05) is 5.69 Å². The summed E-state index contributed by atoms with van der Waals surface area (Å²) in [5, 5.41) is 17.7. The Balaban J connectivity index is 2.65. The molecule has 0 aliphatic heterocycles. The molecule has 2 amide bonds. The lowest BCUT2D eigenvalue weighted by atomic mass is 10.2. The molecule has 8 nitrogen and oxygen atoms in total. The Morgan fingerprint density at radius 3 is 2.65 bits per heavy atom. The van der Waals surface area contributed by atoms with Gasteiger partial charge in [-0.25, -0.2) is 15.0 Å². The zero-order valence-corrected chi connectivity index (χ0v) is 13.0. The van der Waals surface area contributed by atoms with Gasteiger partial charge in [0.1, 0.15) is 6.04 Å². The number of carbonyl (C=O) groups excluding carboxylic acids is 2. The molecule has 0 heterocycles. The van der Waals surface area contributed by atoms with Gasteiger partial charge in [-0.3, -0.25) is 5.32 Å². The standard InChI is InChI=1S/C15H19N5O3/c1-3-23-14(21)13(17-10-9-16)11(2)19-20-15(22)18-12-7-5-4-6-8-12/h4-8,13,17H,3,10H2,1-2H3,(H2,18,20,22)/b19-11+. The van der Waals surface area contributed by atoms with Gasteiger partial charge in [-0.1, -0.05) is 18.2 Å². The molecule has 0 bridgehead atoms. The number of nitrogens with one attached hydrogen (secondary N) is 3. The van der Waals surface area contributed by atoms with Gasteiger partial charge in [0.15, 0.2) is 0 Å². The fourth-order valence-electron chi connectivity index (χ4n) is 1.66. The summed E-state index contributed by atoms with van der Waals surface area (Å²) in [6, 6.07) is 9.29. The van der Waals surface area contributed by atoms with E-state index in [1.54, 1.807) is 38.1 Å². The molecule has 3 N–H and O–H groups in total. The molecule has 0 fully saturated rings. The van der Waals surface area contributed by atoms with Gasteiger partial charge < -0.3 is 10.1 Å². The molecule has 0 aromatic heterocycles. The van der Waals surface area contributed by atoms with Crippen molar-refractivity contribution in [3.63, 3.8) is 0 Å². The van der Waals surface area contributed by atoms with Crippen LogP contribution in [-0.4, -0.2) is 36.9 Å². The number of hydrogen-bond acceptors (Lipinski definition) is 6. The maximum Gasteiger partial charge on any atom is 0.339 e. The Kier molecular flexibility index (Phi) is 7.82. The van der Waals surface area contributed by atoms with E-state index >= 15 is 0 Å². The first-order valence-electron chi connectivity index (χ1n) is 7.01. The number of esters is 1. The van der Waals surface area contributed by atoms with Crippen molar-refractivity contribution in [2.24, 2.45) is 5.10 Å². The van der Waals surface area contributed by atoms with Crippen LogP contribution in [0.25, 0.3) is 0 Å². The third kappa shape index (κ3) is 6.58. The number of hydrazone groups is 1. The average Bonchev–Trinajstić information content (AvgIpc) is 2.54. The minimum atomic E-state index is -0.897. The molecular weight excluding hydrogens is 298 g/mol. The van der Waals surface area contributed by atoms with Crippen LogP contribution in [0.1, 0.15) is 13.8 Å². The number of nitrogens with zero attached hydrogens (tertiary/aromatic N) is 2. The summed E-state index contributed by atoms with van der Waals surface area (Å²) in [6.07, 6.45) is 0. The normalized spacial score (nSPS) is 12.0. The molecule has 1 rings (SSSR count). The summed E-state index contributed by atoms with van der Waals surface area (Å²) in [5.41, 5.74) is 3.18. The number of hydrogen-bond donors (Lipinski definition) is 3. The summed E-state index contributed by atoms with van der Waals surface area (Å²) < 4.78 is 4.90. The highest BCUT2D eigenvalue weighted by Gasteiger charge is 2.22. The zero-order chi connectivity index (χ0) is 17.1. The van der Waals surface area contributed by atoms with E-state index in [9.17, 15) is 9.59 Å². The van der Waals surface area contributed by atoms with Crippen molar-refractivity contribution in [3.8, 4) is 6.07 Å². The predicted molar refractivity (Wildman–Crippen MR) is 85.7 cm³/mol. The number of nitriles is 1. The van der Waals surface area contributed by atoms with Crippen molar-refractivity contribution in [2.75, 3.05) is 18.5 Å². The largest absolute Gasteiger partial charge is 0.465 e. The molecule has 0 radical (unpaired) electrons. The molecule has 1 aromatic rings. The highest BCUT2D eigenvalue weighted by molar-refractivity contribution is 6.05. The second-order valence-electron chi connectivity index (χ2n) is 4.41. The number of carbonyl (C=O) groups is 2. The third-order valence-electron chi connectivity index (χ3n) is 2.69. The SMILES string of the molecule is CCOC(=O)C(NCC#N)/C(C)=N/NC(=O)Nc1ccccc1. The van der Waals surface area contributed by atoms with Gasteiger partial charge in [-0.05, 0) is 26.0 Å². The molecule has 0 saturated heterocycles. The zero-order valence-electron chi connectivity index (χ0n) is 13.0. The van der Waals surface area contributed by atoms with E-state index in [2.05, 4.69) is 21.2 Å². The van der Waals surface area contributed by atoms with Crippen LogP contribution in [0.2, 0.25) is 0 Å². The van der Waals surface area contributed by atoms with Gasteiger partial charge >= 0.3 is 12.0 Å². The number of amides is 2. The van der Waals surface area contributed by atoms with Crippen molar-refractivity contribution in [3.05, 3.63) is 30.3 Å². The van der Waals surface area contributed by atoms with Crippen molar-refractivity contribution in [1.82, 2.24) is 10.7 Å². The minimum absolute atomic E-state index is 0.0491. The lowest BCUT2D eigenvalue weighted by molar-refractivity contribution is -0.143. The van der Waals surface area contributed by atoms with Crippen LogP contribution in [-0.2, 0) is 9.53 Å². The molecule has 1 aromatic carbocycles. The molecule has 0 aliphatic rings. The first-order chi connectivity index (χ1) is 11.1. The Labute approximate surface area is 134 Å².